The van der Waals surface area contributed by atoms with E-state index in [4.69, 9.17) is 0 Å². The lowest BCUT2D eigenvalue weighted by Crippen LogP contribution is -2.51. The third kappa shape index (κ3) is 4.48. The highest BCUT2D eigenvalue weighted by Gasteiger charge is 2.26. The Balaban J connectivity index is 1.60. The first-order chi connectivity index (χ1) is 13.0. The molecule has 0 aromatic heterocycles. The molecule has 1 saturated heterocycles. The van der Waals surface area contributed by atoms with Crippen molar-refractivity contribution < 1.29 is 9.59 Å². The zero-order chi connectivity index (χ0) is 19.4. The van der Waals surface area contributed by atoms with Crippen LogP contribution >= 0.6 is 0 Å². The number of amides is 2. The van der Waals surface area contributed by atoms with Gasteiger partial charge in [0.1, 0.15) is 0 Å². The van der Waals surface area contributed by atoms with Crippen molar-refractivity contribution in [2.75, 3.05) is 36.4 Å². The van der Waals surface area contributed by atoms with E-state index in [-0.39, 0.29) is 5.92 Å². The van der Waals surface area contributed by atoms with E-state index >= 15 is 0 Å². The Morgan fingerprint density at radius 1 is 0.963 bits per heavy atom. The number of hydrogen-bond acceptors (Lipinski definition) is 3. The molecule has 0 spiro atoms. The second-order valence-corrected chi connectivity index (χ2v) is 7.31. The minimum absolute atomic E-state index is 0.273. The Hall–Kier alpha value is -2.82. The molecule has 0 atom stereocenters. The zero-order valence-corrected chi connectivity index (χ0v) is 16.2. The predicted octanol–water partition coefficient (Wildman–Crippen LogP) is 3.41. The highest BCUT2D eigenvalue weighted by atomic mass is 16.2. The van der Waals surface area contributed by atoms with Gasteiger partial charge in [-0.15, -0.1) is 0 Å². The molecule has 0 saturated carbocycles. The van der Waals surface area contributed by atoms with Crippen LogP contribution in [-0.4, -0.2) is 42.9 Å². The SMILES string of the molecule is Cc1cccc(N2CCN(C(=O)C(=O)Nc3ccccc3C(C)C)CC2)c1. The first-order valence-corrected chi connectivity index (χ1v) is 9.46. The number of benzene rings is 2. The van der Waals surface area contributed by atoms with Gasteiger partial charge in [-0.3, -0.25) is 9.59 Å². The van der Waals surface area contributed by atoms with Crippen LogP contribution in [0.5, 0.6) is 0 Å². The van der Waals surface area contributed by atoms with Crippen LogP contribution in [0, 0.1) is 6.92 Å². The van der Waals surface area contributed by atoms with Gasteiger partial charge < -0.3 is 15.1 Å². The van der Waals surface area contributed by atoms with Crippen molar-refractivity contribution in [3.8, 4) is 0 Å². The van der Waals surface area contributed by atoms with Crippen molar-refractivity contribution >= 4 is 23.2 Å². The van der Waals surface area contributed by atoms with Gasteiger partial charge in [-0.25, -0.2) is 0 Å². The highest BCUT2D eigenvalue weighted by Crippen LogP contribution is 2.24. The summed E-state index contributed by atoms with van der Waals surface area (Å²) in [5.74, 6) is -0.751. The van der Waals surface area contributed by atoms with E-state index in [0.717, 1.165) is 24.3 Å². The molecule has 0 unspecified atom stereocenters. The predicted molar refractivity (Wildman–Crippen MR) is 109 cm³/mol. The fourth-order valence-corrected chi connectivity index (χ4v) is 3.43. The van der Waals surface area contributed by atoms with Gasteiger partial charge in [0.2, 0.25) is 0 Å². The second-order valence-electron chi connectivity index (χ2n) is 7.31. The lowest BCUT2D eigenvalue weighted by Gasteiger charge is -2.35. The number of nitrogens with zero attached hydrogens (tertiary/aromatic N) is 2. The lowest BCUT2D eigenvalue weighted by atomic mass is 10.0. The molecule has 1 N–H and O–H groups in total. The highest BCUT2D eigenvalue weighted by molar-refractivity contribution is 6.39. The summed E-state index contributed by atoms with van der Waals surface area (Å²) < 4.78 is 0. The van der Waals surface area contributed by atoms with Crippen LogP contribution in [0.2, 0.25) is 0 Å². The standard InChI is InChI=1S/C22H27N3O2/c1-16(2)19-9-4-5-10-20(19)23-21(26)22(27)25-13-11-24(12-14-25)18-8-6-7-17(3)15-18/h4-10,15-16H,11-14H2,1-3H3,(H,23,26). The normalized spacial score (nSPS) is 14.4. The smallest absolute Gasteiger partial charge is 0.313 e. The van der Waals surface area contributed by atoms with E-state index in [2.05, 4.69) is 49.2 Å². The monoisotopic (exact) mass is 365 g/mol. The number of nitrogens with one attached hydrogen (secondary N) is 1. The molecule has 3 rings (SSSR count). The summed E-state index contributed by atoms with van der Waals surface area (Å²) in [5, 5.41) is 2.80. The van der Waals surface area contributed by atoms with Crippen LogP contribution < -0.4 is 10.2 Å². The molecule has 2 amide bonds. The molecule has 0 radical (unpaired) electrons. The Labute approximate surface area is 161 Å². The minimum atomic E-state index is -0.563. The molecule has 142 valence electrons. The number of piperazine rings is 1. The van der Waals surface area contributed by atoms with Crippen molar-refractivity contribution in [1.82, 2.24) is 4.90 Å². The number of aryl methyl sites for hydroxylation is 1. The number of carbonyl (C=O) groups excluding carboxylic acids is 2. The molecular weight excluding hydrogens is 338 g/mol. The molecule has 1 heterocycles. The summed E-state index contributed by atoms with van der Waals surface area (Å²) in [7, 11) is 0. The average Bonchev–Trinajstić information content (AvgIpc) is 2.67. The number of carbonyl (C=O) groups is 2. The molecule has 5 heteroatoms. The van der Waals surface area contributed by atoms with Gasteiger partial charge in [0.15, 0.2) is 0 Å². The first-order valence-electron chi connectivity index (χ1n) is 9.46. The molecular formula is C22H27N3O2. The molecule has 2 aromatic carbocycles. The molecule has 1 fully saturated rings. The first kappa shape index (κ1) is 19.0. The largest absolute Gasteiger partial charge is 0.368 e. The van der Waals surface area contributed by atoms with Crippen molar-refractivity contribution in [3.05, 3.63) is 59.7 Å². The molecule has 0 bridgehead atoms. The summed E-state index contributed by atoms with van der Waals surface area (Å²) >= 11 is 0. The van der Waals surface area contributed by atoms with Crippen LogP contribution in [0.1, 0.15) is 30.9 Å². The van der Waals surface area contributed by atoms with Crippen LogP contribution in [0.15, 0.2) is 48.5 Å². The zero-order valence-electron chi connectivity index (χ0n) is 16.2. The van der Waals surface area contributed by atoms with E-state index < -0.39 is 11.8 Å². The number of para-hydroxylation sites is 1. The molecule has 1 aliphatic rings. The van der Waals surface area contributed by atoms with Crippen LogP contribution in [0.4, 0.5) is 11.4 Å². The Morgan fingerprint density at radius 2 is 1.67 bits per heavy atom. The number of hydrogen-bond donors (Lipinski definition) is 1. The second kappa shape index (κ2) is 8.25. The summed E-state index contributed by atoms with van der Waals surface area (Å²) in [5.41, 5.74) is 4.12. The van der Waals surface area contributed by atoms with Crippen molar-refractivity contribution in [2.24, 2.45) is 0 Å². The molecule has 0 aliphatic carbocycles. The van der Waals surface area contributed by atoms with E-state index in [9.17, 15) is 9.59 Å². The maximum Gasteiger partial charge on any atom is 0.313 e. The number of anilines is 2. The molecule has 27 heavy (non-hydrogen) atoms. The van der Waals surface area contributed by atoms with Gasteiger partial charge in [0.05, 0.1) is 0 Å². The fraction of sp³-hybridized carbons (Fsp3) is 0.364. The van der Waals surface area contributed by atoms with Crippen molar-refractivity contribution in [1.29, 1.82) is 0 Å². The fourth-order valence-electron chi connectivity index (χ4n) is 3.43. The van der Waals surface area contributed by atoms with Crippen LogP contribution in [-0.2, 0) is 9.59 Å². The van der Waals surface area contributed by atoms with Crippen LogP contribution in [0.3, 0.4) is 0 Å². The maximum atomic E-state index is 12.6. The topological polar surface area (TPSA) is 52.7 Å². The minimum Gasteiger partial charge on any atom is -0.368 e. The molecule has 5 nitrogen and oxygen atoms in total. The van der Waals surface area contributed by atoms with E-state index in [1.807, 2.05) is 30.3 Å². The quantitative estimate of drug-likeness (QED) is 0.848. The van der Waals surface area contributed by atoms with Gasteiger partial charge >= 0.3 is 11.8 Å². The van der Waals surface area contributed by atoms with E-state index in [0.29, 0.717) is 18.8 Å². The van der Waals surface area contributed by atoms with Gasteiger partial charge in [-0.1, -0.05) is 44.2 Å². The van der Waals surface area contributed by atoms with Gasteiger partial charge in [-0.2, -0.15) is 0 Å². The van der Waals surface area contributed by atoms with Crippen molar-refractivity contribution in [2.45, 2.75) is 26.7 Å². The van der Waals surface area contributed by atoms with Crippen molar-refractivity contribution in [3.63, 3.8) is 0 Å². The van der Waals surface area contributed by atoms with E-state index in [1.165, 1.54) is 5.56 Å². The summed E-state index contributed by atoms with van der Waals surface area (Å²) in [6, 6.07) is 16.0. The Morgan fingerprint density at radius 3 is 2.33 bits per heavy atom. The maximum absolute atomic E-state index is 12.6. The lowest BCUT2D eigenvalue weighted by molar-refractivity contribution is -0.143. The third-order valence-corrected chi connectivity index (χ3v) is 4.96. The molecule has 2 aromatic rings. The summed E-state index contributed by atoms with van der Waals surface area (Å²) in [6.07, 6.45) is 0. The Kier molecular flexibility index (Phi) is 5.79. The number of rotatable bonds is 3. The Bertz CT molecular complexity index is 824. The third-order valence-electron chi connectivity index (χ3n) is 4.96. The average molecular weight is 365 g/mol. The molecule has 1 aliphatic heterocycles. The summed E-state index contributed by atoms with van der Waals surface area (Å²) in [6.45, 7) is 8.76. The van der Waals surface area contributed by atoms with Gasteiger partial charge in [0, 0.05) is 37.6 Å². The van der Waals surface area contributed by atoms with Gasteiger partial charge in [-0.05, 0) is 42.2 Å². The van der Waals surface area contributed by atoms with Gasteiger partial charge in [0.25, 0.3) is 0 Å². The van der Waals surface area contributed by atoms with E-state index in [1.54, 1.807) is 4.90 Å². The summed E-state index contributed by atoms with van der Waals surface area (Å²) in [4.78, 5) is 28.9. The van der Waals surface area contributed by atoms with Crippen LogP contribution in [0.25, 0.3) is 0 Å².